The Morgan fingerprint density at radius 1 is 1.43 bits per heavy atom. The van der Waals surface area contributed by atoms with Gasteiger partial charge in [0.25, 0.3) is 0 Å². The minimum Gasteiger partial charge on any atom is -0.369 e. The van der Waals surface area contributed by atoms with Crippen LogP contribution in [0.2, 0.25) is 0 Å². The van der Waals surface area contributed by atoms with Crippen LogP contribution in [-0.4, -0.2) is 19.3 Å². The van der Waals surface area contributed by atoms with Crippen molar-refractivity contribution in [1.29, 1.82) is 5.26 Å². The predicted molar refractivity (Wildman–Crippen MR) is 76.4 cm³/mol. The zero-order chi connectivity index (χ0) is 15.1. The van der Waals surface area contributed by atoms with E-state index in [0.717, 1.165) is 11.3 Å². The summed E-state index contributed by atoms with van der Waals surface area (Å²) in [7, 11) is 0. The van der Waals surface area contributed by atoms with E-state index in [-0.39, 0.29) is 11.5 Å². The van der Waals surface area contributed by atoms with E-state index in [9.17, 15) is 4.39 Å². The van der Waals surface area contributed by atoms with E-state index in [2.05, 4.69) is 10.1 Å². The number of hydrogen-bond acceptors (Lipinski definition) is 4. The van der Waals surface area contributed by atoms with Gasteiger partial charge in [-0.05, 0) is 32.0 Å². The minimum absolute atomic E-state index is 0.0342. The van der Waals surface area contributed by atoms with Crippen molar-refractivity contribution in [2.75, 3.05) is 5.73 Å². The summed E-state index contributed by atoms with van der Waals surface area (Å²) in [5, 5.41) is 13.4. The molecule has 0 aliphatic rings. The van der Waals surface area contributed by atoms with Crippen LogP contribution in [0.15, 0.2) is 18.2 Å². The van der Waals surface area contributed by atoms with E-state index in [0.29, 0.717) is 17.7 Å². The molecular formula is C14H13FN6. The number of aryl methyl sites for hydroxylation is 2. The first-order valence-electron chi connectivity index (χ1n) is 6.48. The summed E-state index contributed by atoms with van der Waals surface area (Å²) in [5.74, 6) is -0.278. The van der Waals surface area contributed by atoms with Crippen molar-refractivity contribution in [2.24, 2.45) is 0 Å². The molecule has 2 N–H and O–H groups in total. The third kappa shape index (κ3) is 1.84. The number of nitriles is 1. The maximum atomic E-state index is 13.5. The molecule has 0 unspecified atom stereocenters. The van der Waals surface area contributed by atoms with Crippen LogP contribution >= 0.6 is 0 Å². The van der Waals surface area contributed by atoms with Gasteiger partial charge in [0, 0.05) is 6.54 Å². The molecule has 2 aromatic heterocycles. The molecule has 3 rings (SSSR count). The van der Waals surface area contributed by atoms with Crippen LogP contribution in [0.1, 0.15) is 18.2 Å². The standard InChI is InChI=1S/C14H13FN6/c1-3-20-13-12(8(2)19-20)18-14(17)21(13)10-4-5-11(15)9(6-10)7-16/h4-6H,3H2,1-2H3,(H2,17,18). The van der Waals surface area contributed by atoms with Crippen LogP contribution in [0.4, 0.5) is 10.3 Å². The fourth-order valence-electron chi connectivity index (χ4n) is 2.40. The van der Waals surface area contributed by atoms with Crippen LogP contribution in [0.3, 0.4) is 0 Å². The summed E-state index contributed by atoms with van der Waals surface area (Å²) in [4.78, 5) is 4.32. The molecule has 0 fully saturated rings. The molecule has 3 aromatic rings. The first kappa shape index (κ1) is 13.1. The average molecular weight is 284 g/mol. The van der Waals surface area contributed by atoms with Crippen molar-refractivity contribution in [1.82, 2.24) is 19.3 Å². The molecule has 0 aliphatic carbocycles. The number of hydrogen-bond donors (Lipinski definition) is 1. The molecule has 0 saturated carbocycles. The van der Waals surface area contributed by atoms with Crippen molar-refractivity contribution in [3.05, 3.63) is 35.3 Å². The Labute approximate surface area is 120 Å². The largest absolute Gasteiger partial charge is 0.369 e. The maximum Gasteiger partial charge on any atom is 0.207 e. The number of nitrogens with two attached hydrogens (primary N) is 1. The highest BCUT2D eigenvalue weighted by Crippen LogP contribution is 2.26. The molecule has 1 aromatic carbocycles. The van der Waals surface area contributed by atoms with Gasteiger partial charge >= 0.3 is 0 Å². The fourth-order valence-corrected chi connectivity index (χ4v) is 2.40. The lowest BCUT2D eigenvalue weighted by Crippen LogP contribution is -2.07. The fraction of sp³-hybridized carbons (Fsp3) is 0.214. The van der Waals surface area contributed by atoms with Gasteiger partial charge in [-0.3, -0.25) is 4.57 Å². The normalized spacial score (nSPS) is 11.0. The molecule has 0 bridgehead atoms. The minimum atomic E-state index is -0.559. The Bertz CT molecular complexity index is 883. The van der Waals surface area contributed by atoms with Crippen molar-refractivity contribution < 1.29 is 4.39 Å². The zero-order valence-electron chi connectivity index (χ0n) is 11.6. The average Bonchev–Trinajstić information content (AvgIpc) is 2.96. The summed E-state index contributed by atoms with van der Waals surface area (Å²) >= 11 is 0. The van der Waals surface area contributed by atoms with Gasteiger partial charge in [-0.15, -0.1) is 0 Å². The van der Waals surface area contributed by atoms with E-state index < -0.39 is 5.82 Å². The van der Waals surface area contributed by atoms with E-state index in [1.807, 2.05) is 19.9 Å². The molecule has 7 heteroatoms. The summed E-state index contributed by atoms with van der Waals surface area (Å²) in [6.45, 7) is 4.48. The molecule has 0 amide bonds. The Morgan fingerprint density at radius 3 is 2.86 bits per heavy atom. The van der Waals surface area contributed by atoms with Crippen LogP contribution in [0.25, 0.3) is 16.9 Å². The summed E-state index contributed by atoms with van der Waals surface area (Å²) in [6.07, 6.45) is 0. The second-order valence-corrected chi connectivity index (χ2v) is 4.65. The molecule has 0 radical (unpaired) electrons. The number of fused-ring (bicyclic) bond motifs is 1. The van der Waals surface area contributed by atoms with Crippen LogP contribution in [0.5, 0.6) is 0 Å². The quantitative estimate of drug-likeness (QED) is 0.781. The van der Waals surface area contributed by atoms with Crippen LogP contribution < -0.4 is 5.73 Å². The zero-order valence-corrected chi connectivity index (χ0v) is 11.6. The van der Waals surface area contributed by atoms with Crippen LogP contribution in [-0.2, 0) is 6.54 Å². The van der Waals surface area contributed by atoms with Gasteiger partial charge < -0.3 is 5.73 Å². The van der Waals surface area contributed by atoms with E-state index >= 15 is 0 Å². The molecule has 21 heavy (non-hydrogen) atoms. The summed E-state index contributed by atoms with van der Waals surface area (Å²) in [6, 6.07) is 6.09. The monoisotopic (exact) mass is 284 g/mol. The molecule has 2 heterocycles. The second kappa shape index (κ2) is 4.59. The van der Waals surface area contributed by atoms with Gasteiger partial charge in [0.15, 0.2) is 5.65 Å². The smallest absolute Gasteiger partial charge is 0.207 e. The highest BCUT2D eigenvalue weighted by Gasteiger charge is 2.18. The molecule has 0 spiro atoms. The van der Waals surface area contributed by atoms with E-state index in [1.165, 1.54) is 12.1 Å². The summed E-state index contributed by atoms with van der Waals surface area (Å²) < 4.78 is 16.9. The number of nitrogens with zero attached hydrogens (tertiary/aromatic N) is 5. The van der Waals surface area contributed by atoms with Crippen LogP contribution in [0, 0.1) is 24.1 Å². The third-order valence-corrected chi connectivity index (χ3v) is 3.37. The van der Waals surface area contributed by atoms with E-state index in [4.69, 9.17) is 11.0 Å². The van der Waals surface area contributed by atoms with Gasteiger partial charge in [0.05, 0.1) is 16.9 Å². The number of imidazole rings is 1. The lowest BCUT2D eigenvalue weighted by Gasteiger charge is -2.08. The molecule has 0 saturated heterocycles. The van der Waals surface area contributed by atoms with Gasteiger partial charge in [-0.25, -0.2) is 14.1 Å². The lowest BCUT2D eigenvalue weighted by atomic mass is 10.2. The van der Waals surface area contributed by atoms with Gasteiger partial charge in [-0.1, -0.05) is 0 Å². The first-order valence-corrected chi connectivity index (χ1v) is 6.48. The molecule has 6 nitrogen and oxygen atoms in total. The number of anilines is 1. The molecule has 106 valence electrons. The number of aromatic nitrogens is 4. The van der Waals surface area contributed by atoms with Gasteiger partial charge in [0.1, 0.15) is 17.4 Å². The third-order valence-electron chi connectivity index (χ3n) is 3.37. The SMILES string of the molecule is CCn1nc(C)c2nc(N)n(-c3ccc(F)c(C#N)c3)c21. The Kier molecular flexibility index (Phi) is 2.87. The molecular weight excluding hydrogens is 271 g/mol. The number of halogens is 1. The predicted octanol–water partition coefficient (Wildman–Crippen LogP) is 2.14. The Balaban J connectivity index is 2.35. The molecule has 0 aliphatic heterocycles. The lowest BCUT2D eigenvalue weighted by molar-refractivity contribution is 0.623. The van der Waals surface area contributed by atoms with Gasteiger partial charge in [0.2, 0.25) is 5.95 Å². The topological polar surface area (TPSA) is 85.5 Å². The molecule has 0 atom stereocenters. The highest BCUT2D eigenvalue weighted by molar-refractivity contribution is 5.80. The van der Waals surface area contributed by atoms with Crippen molar-refractivity contribution in [3.8, 4) is 11.8 Å². The Morgan fingerprint density at radius 2 is 2.19 bits per heavy atom. The summed E-state index contributed by atoms with van der Waals surface area (Å²) in [5.41, 5.74) is 8.76. The first-order chi connectivity index (χ1) is 10.1. The number of nitrogen functional groups attached to an aromatic ring is 1. The second-order valence-electron chi connectivity index (χ2n) is 4.65. The Hall–Kier alpha value is -2.88. The highest BCUT2D eigenvalue weighted by atomic mass is 19.1. The van der Waals surface area contributed by atoms with Gasteiger partial charge in [-0.2, -0.15) is 10.4 Å². The van der Waals surface area contributed by atoms with E-state index in [1.54, 1.807) is 15.3 Å². The maximum absolute atomic E-state index is 13.5. The number of rotatable bonds is 2. The van der Waals surface area contributed by atoms with Crippen molar-refractivity contribution in [2.45, 2.75) is 20.4 Å². The number of benzene rings is 1. The van der Waals surface area contributed by atoms with Crippen molar-refractivity contribution in [3.63, 3.8) is 0 Å². The van der Waals surface area contributed by atoms with Crippen molar-refractivity contribution >= 4 is 17.1 Å².